The molecule has 0 bridgehead atoms. The van der Waals surface area contributed by atoms with E-state index < -0.39 is 0 Å². The molecular formula is C11H18N8. The fourth-order valence-electron chi connectivity index (χ4n) is 1.67. The molecule has 2 rings (SSSR count). The Labute approximate surface area is 111 Å². The third-order valence-electron chi connectivity index (χ3n) is 2.70. The van der Waals surface area contributed by atoms with Crippen molar-refractivity contribution >= 4 is 11.9 Å². The number of nitrogens with two attached hydrogens (primary N) is 1. The van der Waals surface area contributed by atoms with Crippen molar-refractivity contribution in [1.82, 2.24) is 29.7 Å². The van der Waals surface area contributed by atoms with Gasteiger partial charge >= 0.3 is 0 Å². The number of rotatable bonds is 6. The van der Waals surface area contributed by atoms with Crippen LogP contribution in [0.5, 0.6) is 0 Å². The number of unbranched alkanes of at least 4 members (excludes halogenated alkanes) is 1. The van der Waals surface area contributed by atoms with Gasteiger partial charge in [0.05, 0.1) is 0 Å². The first-order valence-electron chi connectivity index (χ1n) is 6.36. The summed E-state index contributed by atoms with van der Waals surface area (Å²) in [7, 11) is 0. The average molecular weight is 262 g/mol. The second-order valence-electron chi connectivity index (χ2n) is 4.07. The number of anilines is 2. The molecule has 0 aliphatic rings. The molecule has 8 heteroatoms. The van der Waals surface area contributed by atoms with E-state index in [1.54, 1.807) is 0 Å². The molecule has 0 spiro atoms. The Morgan fingerprint density at radius 2 is 2.11 bits per heavy atom. The largest absolute Gasteiger partial charge is 0.368 e. The number of hydrogen-bond donors (Lipinski definition) is 1. The summed E-state index contributed by atoms with van der Waals surface area (Å²) in [6.07, 6.45) is 5.15. The molecule has 0 radical (unpaired) electrons. The Morgan fingerprint density at radius 1 is 1.26 bits per heavy atom. The maximum Gasteiger partial charge on any atom is 0.258 e. The van der Waals surface area contributed by atoms with Crippen LogP contribution in [-0.4, -0.2) is 42.8 Å². The Balaban J connectivity index is 2.30. The molecule has 2 aromatic heterocycles. The normalized spacial score (nSPS) is 10.6. The van der Waals surface area contributed by atoms with Crippen molar-refractivity contribution in [2.75, 3.05) is 23.7 Å². The van der Waals surface area contributed by atoms with E-state index in [-0.39, 0.29) is 5.95 Å². The lowest BCUT2D eigenvalue weighted by molar-refractivity contribution is 0.703. The van der Waals surface area contributed by atoms with E-state index in [1.807, 2.05) is 0 Å². The molecule has 0 aromatic carbocycles. The van der Waals surface area contributed by atoms with Crippen LogP contribution in [0.3, 0.4) is 0 Å². The predicted molar refractivity (Wildman–Crippen MR) is 72.0 cm³/mol. The fraction of sp³-hybridized carbons (Fsp3) is 0.545. The van der Waals surface area contributed by atoms with Crippen LogP contribution in [0.1, 0.15) is 26.7 Å². The summed E-state index contributed by atoms with van der Waals surface area (Å²) >= 11 is 0. The van der Waals surface area contributed by atoms with Gasteiger partial charge in [-0.3, -0.25) is 0 Å². The van der Waals surface area contributed by atoms with Gasteiger partial charge in [0.15, 0.2) is 0 Å². The van der Waals surface area contributed by atoms with Gasteiger partial charge in [-0.25, -0.2) is 4.98 Å². The summed E-state index contributed by atoms with van der Waals surface area (Å²) in [6.45, 7) is 5.93. The van der Waals surface area contributed by atoms with Gasteiger partial charge in [-0.2, -0.15) is 24.7 Å². The minimum Gasteiger partial charge on any atom is -0.368 e. The summed E-state index contributed by atoms with van der Waals surface area (Å²) in [5, 5.41) is 3.99. The van der Waals surface area contributed by atoms with Crippen LogP contribution in [0, 0.1) is 0 Å². The molecule has 102 valence electrons. The van der Waals surface area contributed by atoms with Gasteiger partial charge < -0.3 is 10.6 Å². The number of aromatic nitrogens is 6. The Hall–Kier alpha value is -2.25. The van der Waals surface area contributed by atoms with E-state index in [9.17, 15) is 0 Å². The lowest BCUT2D eigenvalue weighted by atomic mass is 10.3. The first-order chi connectivity index (χ1) is 9.24. The van der Waals surface area contributed by atoms with Crippen LogP contribution < -0.4 is 10.6 Å². The molecule has 2 N–H and O–H groups in total. The van der Waals surface area contributed by atoms with Crippen LogP contribution in [0.25, 0.3) is 5.95 Å². The number of nitrogen functional groups attached to an aromatic ring is 1. The summed E-state index contributed by atoms with van der Waals surface area (Å²) in [6, 6.07) is 0. The molecule has 0 aliphatic carbocycles. The van der Waals surface area contributed by atoms with Gasteiger partial charge in [0, 0.05) is 13.1 Å². The third-order valence-corrected chi connectivity index (χ3v) is 2.70. The summed E-state index contributed by atoms with van der Waals surface area (Å²) in [4.78, 5) is 18.6. The van der Waals surface area contributed by atoms with Crippen molar-refractivity contribution in [3.05, 3.63) is 12.7 Å². The average Bonchev–Trinajstić information content (AvgIpc) is 2.93. The Bertz CT molecular complexity index is 509. The quantitative estimate of drug-likeness (QED) is 0.816. The van der Waals surface area contributed by atoms with Crippen molar-refractivity contribution in [3.63, 3.8) is 0 Å². The molecular weight excluding hydrogens is 244 g/mol. The molecule has 0 saturated heterocycles. The molecule has 0 fully saturated rings. The van der Waals surface area contributed by atoms with Crippen LogP contribution >= 0.6 is 0 Å². The van der Waals surface area contributed by atoms with Gasteiger partial charge in [0.2, 0.25) is 11.9 Å². The first-order valence-corrected chi connectivity index (χ1v) is 6.36. The van der Waals surface area contributed by atoms with Gasteiger partial charge in [-0.05, 0) is 13.3 Å². The molecule has 2 heterocycles. The molecule has 0 amide bonds. The highest BCUT2D eigenvalue weighted by Crippen LogP contribution is 2.11. The van der Waals surface area contributed by atoms with Crippen molar-refractivity contribution < 1.29 is 0 Å². The van der Waals surface area contributed by atoms with Crippen LogP contribution in [-0.2, 0) is 0 Å². The van der Waals surface area contributed by atoms with Gasteiger partial charge in [0.25, 0.3) is 5.95 Å². The van der Waals surface area contributed by atoms with E-state index in [4.69, 9.17) is 5.73 Å². The van der Waals surface area contributed by atoms with Crippen molar-refractivity contribution in [2.45, 2.75) is 26.7 Å². The zero-order chi connectivity index (χ0) is 13.7. The van der Waals surface area contributed by atoms with Crippen molar-refractivity contribution in [3.8, 4) is 5.95 Å². The van der Waals surface area contributed by atoms with Crippen LogP contribution in [0.15, 0.2) is 12.7 Å². The number of hydrogen-bond acceptors (Lipinski definition) is 7. The SMILES string of the molecule is CCCCN(CC)c1nc(N)nc(-n2cncn2)n1. The summed E-state index contributed by atoms with van der Waals surface area (Å²) in [5.41, 5.74) is 5.74. The second-order valence-corrected chi connectivity index (χ2v) is 4.07. The Morgan fingerprint density at radius 3 is 2.74 bits per heavy atom. The second kappa shape index (κ2) is 6.07. The highest BCUT2D eigenvalue weighted by Gasteiger charge is 2.12. The first kappa shape index (κ1) is 13.2. The molecule has 19 heavy (non-hydrogen) atoms. The molecule has 0 aliphatic heterocycles. The topological polar surface area (TPSA) is 98.6 Å². The minimum absolute atomic E-state index is 0.186. The van der Waals surface area contributed by atoms with E-state index >= 15 is 0 Å². The van der Waals surface area contributed by atoms with Gasteiger partial charge in [0.1, 0.15) is 12.7 Å². The monoisotopic (exact) mass is 262 g/mol. The zero-order valence-corrected chi connectivity index (χ0v) is 11.2. The van der Waals surface area contributed by atoms with E-state index in [2.05, 4.69) is 43.8 Å². The lowest BCUT2D eigenvalue weighted by Crippen LogP contribution is -2.27. The summed E-state index contributed by atoms with van der Waals surface area (Å²) in [5.74, 6) is 1.15. The van der Waals surface area contributed by atoms with Crippen molar-refractivity contribution in [1.29, 1.82) is 0 Å². The maximum atomic E-state index is 5.74. The molecule has 8 nitrogen and oxygen atoms in total. The van der Waals surface area contributed by atoms with E-state index in [0.29, 0.717) is 11.9 Å². The smallest absolute Gasteiger partial charge is 0.258 e. The number of nitrogens with zero attached hydrogens (tertiary/aromatic N) is 7. The summed E-state index contributed by atoms with van der Waals surface area (Å²) < 4.78 is 1.47. The van der Waals surface area contributed by atoms with Crippen LogP contribution in [0.4, 0.5) is 11.9 Å². The molecule has 2 aromatic rings. The lowest BCUT2D eigenvalue weighted by Gasteiger charge is -2.20. The van der Waals surface area contributed by atoms with Crippen molar-refractivity contribution in [2.24, 2.45) is 0 Å². The fourth-order valence-corrected chi connectivity index (χ4v) is 1.67. The highest BCUT2D eigenvalue weighted by atomic mass is 15.4. The molecule has 0 atom stereocenters. The van der Waals surface area contributed by atoms with Gasteiger partial charge in [-0.1, -0.05) is 13.3 Å². The third kappa shape index (κ3) is 3.15. The Kier molecular flexibility index (Phi) is 4.22. The standard InChI is InChI=1S/C11H18N8/c1-3-5-6-18(4-2)10-15-9(12)16-11(17-10)19-8-13-7-14-19/h7-8H,3-6H2,1-2H3,(H2,12,15,16,17). The predicted octanol–water partition coefficient (Wildman–Crippen LogP) is 0.661. The van der Waals surface area contributed by atoms with E-state index in [0.717, 1.165) is 25.9 Å². The molecule has 0 unspecified atom stereocenters. The van der Waals surface area contributed by atoms with Crippen LogP contribution in [0.2, 0.25) is 0 Å². The molecule has 0 saturated carbocycles. The maximum absolute atomic E-state index is 5.74. The highest BCUT2D eigenvalue weighted by molar-refractivity contribution is 5.37. The minimum atomic E-state index is 0.186. The zero-order valence-electron chi connectivity index (χ0n) is 11.2. The van der Waals surface area contributed by atoms with Gasteiger partial charge in [-0.15, -0.1) is 0 Å². The van der Waals surface area contributed by atoms with E-state index in [1.165, 1.54) is 17.3 Å².